The summed E-state index contributed by atoms with van der Waals surface area (Å²) < 4.78 is 10.5. The fourth-order valence-electron chi connectivity index (χ4n) is 1.92. The minimum absolute atomic E-state index is 0.137. The molecule has 2 rings (SSSR count). The molecule has 1 aromatic carbocycles. The molecule has 1 aliphatic rings. The molecule has 0 aromatic heterocycles. The zero-order chi connectivity index (χ0) is 10.9. The molecule has 3 heteroatoms. The van der Waals surface area contributed by atoms with E-state index >= 15 is 0 Å². The van der Waals surface area contributed by atoms with E-state index in [-0.39, 0.29) is 5.54 Å². The van der Waals surface area contributed by atoms with Gasteiger partial charge in [-0.1, -0.05) is 12.1 Å². The molecule has 1 aromatic rings. The summed E-state index contributed by atoms with van der Waals surface area (Å²) in [6, 6.07) is 6.01. The van der Waals surface area contributed by atoms with Gasteiger partial charge in [0.05, 0.1) is 13.7 Å². The summed E-state index contributed by atoms with van der Waals surface area (Å²) >= 11 is 0. The van der Waals surface area contributed by atoms with E-state index in [9.17, 15) is 0 Å². The molecule has 0 spiro atoms. The Hall–Kier alpha value is -1.06. The van der Waals surface area contributed by atoms with E-state index in [1.165, 1.54) is 5.56 Å². The number of rotatable bonds is 4. The van der Waals surface area contributed by atoms with Gasteiger partial charge in [-0.05, 0) is 24.5 Å². The largest absolute Gasteiger partial charge is 0.496 e. The van der Waals surface area contributed by atoms with Gasteiger partial charge in [0.1, 0.15) is 5.75 Å². The Morgan fingerprint density at radius 1 is 1.33 bits per heavy atom. The third-order valence-corrected chi connectivity index (χ3v) is 2.97. The number of methoxy groups -OCH3 is 2. The highest BCUT2D eigenvalue weighted by atomic mass is 16.5. The topological polar surface area (TPSA) is 44.5 Å². The van der Waals surface area contributed by atoms with Crippen LogP contribution in [0.4, 0.5) is 0 Å². The fraction of sp³-hybridized carbons (Fsp3) is 0.500. The second kappa shape index (κ2) is 3.83. The second-order valence-corrected chi connectivity index (χ2v) is 4.08. The lowest BCUT2D eigenvalue weighted by atomic mass is 9.98. The highest BCUT2D eigenvalue weighted by Gasteiger charge is 2.41. The molecule has 0 aliphatic heterocycles. The molecule has 2 N–H and O–H groups in total. The van der Waals surface area contributed by atoms with E-state index in [1.54, 1.807) is 14.2 Å². The fourth-order valence-corrected chi connectivity index (χ4v) is 1.92. The van der Waals surface area contributed by atoms with Crippen LogP contribution in [0.1, 0.15) is 24.0 Å². The molecule has 0 unspecified atom stereocenters. The van der Waals surface area contributed by atoms with Gasteiger partial charge < -0.3 is 15.2 Å². The van der Waals surface area contributed by atoms with Crippen molar-refractivity contribution in [1.82, 2.24) is 0 Å². The van der Waals surface area contributed by atoms with E-state index in [0.29, 0.717) is 6.61 Å². The summed E-state index contributed by atoms with van der Waals surface area (Å²) in [6.07, 6.45) is 2.10. The molecule has 1 fully saturated rings. The smallest absolute Gasteiger partial charge is 0.124 e. The van der Waals surface area contributed by atoms with Crippen LogP contribution in [0.25, 0.3) is 0 Å². The first-order valence-corrected chi connectivity index (χ1v) is 5.15. The Morgan fingerprint density at radius 2 is 2.07 bits per heavy atom. The van der Waals surface area contributed by atoms with Crippen molar-refractivity contribution in [3.63, 3.8) is 0 Å². The summed E-state index contributed by atoms with van der Waals surface area (Å²) in [5.41, 5.74) is 8.33. The molecule has 3 nitrogen and oxygen atoms in total. The molecule has 0 amide bonds. The third-order valence-electron chi connectivity index (χ3n) is 2.97. The minimum Gasteiger partial charge on any atom is -0.496 e. The van der Waals surface area contributed by atoms with Gasteiger partial charge in [0, 0.05) is 18.2 Å². The third kappa shape index (κ3) is 1.85. The first-order chi connectivity index (χ1) is 7.21. The molecule has 1 aliphatic carbocycles. The van der Waals surface area contributed by atoms with Crippen LogP contribution in [-0.2, 0) is 16.9 Å². The molecular weight excluding hydrogens is 190 g/mol. The second-order valence-electron chi connectivity index (χ2n) is 4.08. The van der Waals surface area contributed by atoms with Crippen molar-refractivity contribution in [2.75, 3.05) is 14.2 Å². The standard InChI is InChI=1S/C12H17NO2/c1-14-8-9-10(12(13)6-7-12)4-3-5-11(9)15-2/h3-5H,6-8,13H2,1-2H3. The molecule has 0 radical (unpaired) electrons. The Morgan fingerprint density at radius 3 is 2.60 bits per heavy atom. The molecular formula is C12H17NO2. The van der Waals surface area contributed by atoms with Crippen molar-refractivity contribution in [3.8, 4) is 5.75 Å². The van der Waals surface area contributed by atoms with E-state index < -0.39 is 0 Å². The van der Waals surface area contributed by atoms with Gasteiger partial charge >= 0.3 is 0 Å². The lowest BCUT2D eigenvalue weighted by Gasteiger charge is -2.17. The van der Waals surface area contributed by atoms with Gasteiger partial charge in [0.15, 0.2) is 0 Å². The van der Waals surface area contributed by atoms with Gasteiger partial charge in [-0.3, -0.25) is 0 Å². The Balaban J connectivity index is 2.43. The number of hydrogen-bond acceptors (Lipinski definition) is 3. The predicted octanol–water partition coefficient (Wildman–Crippen LogP) is 1.79. The Labute approximate surface area is 90.2 Å². The lowest BCUT2D eigenvalue weighted by molar-refractivity contribution is 0.180. The van der Waals surface area contributed by atoms with Crippen molar-refractivity contribution in [3.05, 3.63) is 29.3 Å². The Kier molecular flexibility index (Phi) is 2.67. The number of nitrogens with two attached hydrogens (primary N) is 1. The normalized spacial score (nSPS) is 17.5. The van der Waals surface area contributed by atoms with Crippen molar-refractivity contribution in [2.24, 2.45) is 5.73 Å². The maximum absolute atomic E-state index is 6.21. The van der Waals surface area contributed by atoms with E-state index in [0.717, 1.165) is 24.2 Å². The van der Waals surface area contributed by atoms with E-state index in [4.69, 9.17) is 15.2 Å². The highest BCUT2D eigenvalue weighted by Crippen LogP contribution is 2.45. The summed E-state index contributed by atoms with van der Waals surface area (Å²) in [5, 5.41) is 0. The zero-order valence-electron chi connectivity index (χ0n) is 9.25. The number of ether oxygens (including phenoxy) is 2. The van der Waals surface area contributed by atoms with Gasteiger partial charge in [-0.15, -0.1) is 0 Å². The maximum atomic E-state index is 6.21. The average Bonchev–Trinajstić information content (AvgIpc) is 2.98. The number of benzene rings is 1. The molecule has 0 bridgehead atoms. The van der Waals surface area contributed by atoms with Crippen molar-refractivity contribution < 1.29 is 9.47 Å². The van der Waals surface area contributed by atoms with Crippen LogP contribution < -0.4 is 10.5 Å². The number of hydrogen-bond donors (Lipinski definition) is 1. The van der Waals surface area contributed by atoms with Crippen molar-refractivity contribution in [2.45, 2.75) is 25.0 Å². The summed E-state index contributed by atoms with van der Waals surface area (Å²) in [5.74, 6) is 0.867. The van der Waals surface area contributed by atoms with E-state index in [2.05, 4.69) is 6.07 Å². The van der Waals surface area contributed by atoms with E-state index in [1.807, 2.05) is 12.1 Å². The average molecular weight is 207 g/mol. The monoisotopic (exact) mass is 207 g/mol. The predicted molar refractivity (Wildman–Crippen MR) is 58.8 cm³/mol. The molecule has 0 atom stereocenters. The van der Waals surface area contributed by atoms with Crippen molar-refractivity contribution in [1.29, 1.82) is 0 Å². The van der Waals surface area contributed by atoms with Crippen LogP contribution in [0.3, 0.4) is 0 Å². The summed E-state index contributed by atoms with van der Waals surface area (Å²) in [6.45, 7) is 0.554. The van der Waals surface area contributed by atoms with Gasteiger partial charge in [-0.25, -0.2) is 0 Å². The summed E-state index contributed by atoms with van der Waals surface area (Å²) in [4.78, 5) is 0. The van der Waals surface area contributed by atoms with Gasteiger partial charge in [-0.2, -0.15) is 0 Å². The molecule has 0 heterocycles. The first kappa shape index (κ1) is 10.5. The van der Waals surface area contributed by atoms with Crippen LogP contribution in [0.15, 0.2) is 18.2 Å². The van der Waals surface area contributed by atoms with Gasteiger partial charge in [0.2, 0.25) is 0 Å². The highest BCUT2D eigenvalue weighted by molar-refractivity contribution is 5.45. The van der Waals surface area contributed by atoms with Crippen molar-refractivity contribution >= 4 is 0 Å². The Bertz CT molecular complexity index is 359. The van der Waals surface area contributed by atoms with Crippen LogP contribution in [0.2, 0.25) is 0 Å². The zero-order valence-corrected chi connectivity index (χ0v) is 9.25. The molecule has 1 saturated carbocycles. The quantitative estimate of drug-likeness (QED) is 0.818. The molecule has 15 heavy (non-hydrogen) atoms. The lowest BCUT2D eigenvalue weighted by Crippen LogP contribution is -2.21. The first-order valence-electron chi connectivity index (χ1n) is 5.15. The molecule has 0 saturated heterocycles. The maximum Gasteiger partial charge on any atom is 0.124 e. The van der Waals surface area contributed by atoms with Gasteiger partial charge in [0.25, 0.3) is 0 Å². The minimum atomic E-state index is -0.137. The van der Waals surface area contributed by atoms with Crippen LogP contribution in [-0.4, -0.2) is 14.2 Å². The van der Waals surface area contributed by atoms with Crippen LogP contribution in [0.5, 0.6) is 5.75 Å². The van der Waals surface area contributed by atoms with Crippen LogP contribution in [0, 0.1) is 0 Å². The summed E-state index contributed by atoms with van der Waals surface area (Å²) in [7, 11) is 3.36. The SMILES string of the molecule is COCc1c(OC)cccc1C1(N)CC1. The molecule has 82 valence electrons. The van der Waals surface area contributed by atoms with Crippen LogP contribution >= 0.6 is 0 Å².